The van der Waals surface area contributed by atoms with Crippen molar-refractivity contribution >= 4 is 14.1 Å². The van der Waals surface area contributed by atoms with Gasteiger partial charge in [0.15, 0.2) is 0 Å². The van der Waals surface area contributed by atoms with Crippen LogP contribution < -0.4 is 0 Å². The smallest absolute Gasteiger partial charge is 0.0714 e. The van der Waals surface area contributed by atoms with E-state index in [9.17, 15) is 0 Å². The summed E-state index contributed by atoms with van der Waals surface area (Å²) in [5.41, 5.74) is 13.0. The van der Waals surface area contributed by atoms with Gasteiger partial charge >= 0.3 is 0 Å². The van der Waals surface area contributed by atoms with E-state index >= 15 is 0 Å². The van der Waals surface area contributed by atoms with Crippen LogP contribution in [0.5, 0.6) is 0 Å². The summed E-state index contributed by atoms with van der Waals surface area (Å²) in [4.78, 5) is 0. The van der Waals surface area contributed by atoms with Crippen LogP contribution in [0.25, 0.3) is 17.2 Å². The molecule has 0 amide bonds. The first kappa shape index (κ1) is 21.1. The maximum atomic E-state index is 2.59. The van der Waals surface area contributed by atoms with Crippen LogP contribution in [0.3, 0.4) is 0 Å². The van der Waals surface area contributed by atoms with E-state index in [0.29, 0.717) is 11.1 Å². The molecule has 0 heterocycles. The summed E-state index contributed by atoms with van der Waals surface area (Å²) in [6.07, 6.45) is 7.40. The van der Waals surface area contributed by atoms with Crippen molar-refractivity contribution in [1.82, 2.24) is 0 Å². The molecule has 2 atom stereocenters. The highest BCUT2D eigenvalue weighted by Gasteiger charge is 2.44. The molecule has 2 unspecified atom stereocenters. The molecule has 30 heavy (non-hydrogen) atoms. The van der Waals surface area contributed by atoms with Crippen LogP contribution >= 0.6 is 0 Å². The Balaban J connectivity index is 1.76. The lowest BCUT2D eigenvalue weighted by molar-refractivity contribution is 0.590. The molecule has 156 valence electrons. The Morgan fingerprint density at radius 2 is 1.47 bits per heavy atom. The topological polar surface area (TPSA) is 0 Å². The highest BCUT2D eigenvalue weighted by atomic mass is 28.3. The molecule has 0 aromatic heterocycles. The van der Waals surface area contributed by atoms with Crippen molar-refractivity contribution in [3.05, 3.63) is 88.0 Å². The largest absolute Gasteiger partial charge is 0.0771 e. The van der Waals surface area contributed by atoms with Crippen molar-refractivity contribution in [2.45, 2.75) is 71.1 Å². The minimum atomic E-state index is -1.63. The third kappa shape index (κ3) is 3.48. The van der Waals surface area contributed by atoms with E-state index in [1.807, 2.05) is 0 Å². The lowest BCUT2D eigenvalue weighted by Gasteiger charge is -2.37. The second kappa shape index (κ2) is 7.23. The summed E-state index contributed by atoms with van der Waals surface area (Å²) in [6.45, 7) is 18.9. The number of benzene rings is 2. The third-order valence-corrected chi connectivity index (χ3v) is 11.7. The van der Waals surface area contributed by atoms with E-state index in [1.54, 1.807) is 16.7 Å². The molecule has 2 aromatic carbocycles. The van der Waals surface area contributed by atoms with Gasteiger partial charge in [-0.3, -0.25) is 0 Å². The first-order valence-corrected chi connectivity index (χ1v) is 14.4. The Labute approximate surface area is 184 Å². The normalized spacial score (nSPS) is 21.3. The molecule has 0 nitrogen and oxygen atoms in total. The Bertz CT molecular complexity index is 1070. The SMILES string of the molecule is CC1=CC([Si](C)(C)C2C(C)=Cc3c(-c4ccc(C(C)(C)C)cc4)cccc32)C(C)=C1. The van der Waals surface area contributed by atoms with Crippen molar-refractivity contribution in [2.24, 2.45) is 0 Å². The molecule has 0 fully saturated rings. The van der Waals surface area contributed by atoms with E-state index in [1.165, 1.54) is 27.8 Å². The molecule has 1 heteroatoms. The van der Waals surface area contributed by atoms with Gasteiger partial charge in [0.25, 0.3) is 0 Å². The molecule has 0 spiro atoms. The number of hydrogen-bond donors (Lipinski definition) is 0. The molecule has 2 aliphatic rings. The molecule has 4 rings (SSSR count). The molecular weight excluding hydrogens is 376 g/mol. The Morgan fingerprint density at radius 1 is 0.800 bits per heavy atom. The Morgan fingerprint density at radius 3 is 2.03 bits per heavy atom. The summed E-state index contributed by atoms with van der Waals surface area (Å²) in [5.74, 6) is 0. The highest BCUT2D eigenvalue weighted by Crippen LogP contribution is 2.51. The van der Waals surface area contributed by atoms with Crippen LogP contribution in [0, 0.1) is 0 Å². The first-order chi connectivity index (χ1) is 14.0. The lowest BCUT2D eigenvalue weighted by atomic mass is 9.86. The van der Waals surface area contributed by atoms with Crippen LogP contribution in [-0.2, 0) is 5.41 Å². The van der Waals surface area contributed by atoms with Crippen LogP contribution in [0.15, 0.2) is 71.3 Å². The Kier molecular flexibility index (Phi) is 5.09. The number of hydrogen-bond acceptors (Lipinski definition) is 0. The highest BCUT2D eigenvalue weighted by molar-refractivity contribution is 6.82. The molecule has 0 N–H and O–H groups in total. The predicted octanol–water partition coefficient (Wildman–Crippen LogP) is 8.68. The minimum absolute atomic E-state index is 0.187. The number of fused-ring (bicyclic) bond motifs is 1. The monoisotopic (exact) mass is 412 g/mol. The van der Waals surface area contributed by atoms with E-state index in [-0.39, 0.29) is 5.41 Å². The standard InChI is InChI=1S/C29H36Si/c1-19-16-20(2)27(17-19)30(7,8)28-21(3)18-26-24(10-9-11-25(26)28)22-12-14-23(15-13-22)29(4,5)6/h9-18,27-28H,1-8H3. The summed E-state index contributed by atoms with van der Waals surface area (Å²) in [7, 11) is -1.63. The summed E-state index contributed by atoms with van der Waals surface area (Å²) in [5, 5.41) is 0. The van der Waals surface area contributed by atoms with Gasteiger partial charge in [0, 0.05) is 5.54 Å². The average Bonchev–Trinajstić information content (AvgIpc) is 3.19. The van der Waals surface area contributed by atoms with Crippen molar-refractivity contribution in [2.75, 3.05) is 0 Å². The second-order valence-corrected chi connectivity index (χ2v) is 15.9. The first-order valence-electron chi connectivity index (χ1n) is 11.3. The van der Waals surface area contributed by atoms with Gasteiger partial charge < -0.3 is 0 Å². The summed E-state index contributed by atoms with van der Waals surface area (Å²) >= 11 is 0. The molecule has 0 saturated heterocycles. The molecule has 2 aliphatic carbocycles. The maximum absolute atomic E-state index is 2.59. The van der Waals surface area contributed by atoms with Crippen LogP contribution in [0.1, 0.15) is 63.8 Å². The van der Waals surface area contributed by atoms with Crippen molar-refractivity contribution in [3.8, 4) is 11.1 Å². The summed E-state index contributed by atoms with van der Waals surface area (Å²) < 4.78 is 0. The molecule has 0 bridgehead atoms. The zero-order valence-corrected chi connectivity index (χ0v) is 20.9. The third-order valence-electron chi connectivity index (χ3n) is 7.26. The van der Waals surface area contributed by atoms with Crippen LogP contribution in [0.2, 0.25) is 18.6 Å². The summed E-state index contributed by atoms with van der Waals surface area (Å²) in [6, 6.07) is 16.2. The van der Waals surface area contributed by atoms with Crippen molar-refractivity contribution in [1.29, 1.82) is 0 Å². The van der Waals surface area contributed by atoms with Crippen molar-refractivity contribution < 1.29 is 0 Å². The number of rotatable bonds is 3. The average molecular weight is 413 g/mol. The quantitative estimate of drug-likeness (QED) is 0.442. The molecule has 0 radical (unpaired) electrons. The number of allylic oxidation sites excluding steroid dienone is 5. The van der Waals surface area contributed by atoms with E-state index < -0.39 is 8.07 Å². The fourth-order valence-corrected chi connectivity index (χ4v) is 10.4. The van der Waals surface area contributed by atoms with Crippen LogP contribution in [0.4, 0.5) is 0 Å². The van der Waals surface area contributed by atoms with Gasteiger partial charge in [-0.2, -0.15) is 0 Å². The minimum Gasteiger partial charge on any atom is -0.0771 e. The van der Waals surface area contributed by atoms with Crippen LogP contribution in [-0.4, -0.2) is 8.07 Å². The van der Waals surface area contributed by atoms with Crippen molar-refractivity contribution in [3.63, 3.8) is 0 Å². The molecule has 0 saturated carbocycles. The predicted molar refractivity (Wildman–Crippen MR) is 136 cm³/mol. The maximum Gasteiger partial charge on any atom is 0.0714 e. The van der Waals surface area contributed by atoms with Gasteiger partial charge in [0.1, 0.15) is 0 Å². The second-order valence-electron chi connectivity index (χ2n) is 11.1. The van der Waals surface area contributed by atoms with Gasteiger partial charge in [0.05, 0.1) is 8.07 Å². The fourth-order valence-electron chi connectivity index (χ4n) is 5.81. The zero-order valence-electron chi connectivity index (χ0n) is 19.9. The van der Waals surface area contributed by atoms with E-state index in [0.717, 1.165) is 0 Å². The molecular formula is C29H36Si. The zero-order chi connectivity index (χ0) is 21.8. The van der Waals surface area contributed by atoms with Gasteiger partial charge in [-0.25, -0.2) is 0 Å². The lowest BCUT2D eigenvalue weighted by Crippen LogP contribution is -2.39. The van der Waals surface area contributed by atoms with Gasteiger partial charge in [-0.05, 0) is 59.5 Å². The van der Waals surface area contributed by atoms with E-state index in [4.69, 9.17) is 0 Å². The van der Waals surface area contributed by atoms with E-state index in [2.05, 4.69) is 115 Å². The molecule has 0 aliphatic heterocycles. The van der Waals surface area contributed by atoms with Gasteiger partial charge in [0.2, 0.25) is 0 Å². The fraction of sp³-hybridized carbons (Fsp3) is 0.379. The van der Waals surface area contributed by atoms with Gasteiger partial charge in [-0.15, -0.1) is 0 Å². The Hall–Kier alpha value is -2.12. The molecule has 2 aromatic rings. The van der Waals surface area contributed by atoms with Gasteiger partial charge in [-0.1, -0.05) is 111 Å².